The van der Waals surface area contributed by atoms with Crippen LogP contribution in [0.25, 0.3) is 0 Å². The summed E-state index contributed by atoms with van der Waals surface area (Å²) in [4.78, 5) is -0.566. The van der Waals surface area contributed by atoms with Gasteiger partial charge in [-0.05, 0) is 43.3 Å². The van der Waals surface area contributed by atoms with Crippen LogP contribution in [0.1, 0.15) is 5.56 Å². The molecule has 136 valence electrons. The van der Waals surface area contributed by atoms with Crippen LogP contribution in [-0.4, -0.2) is 14.8 Å². The number of sulfone groups is 1. The maximum atomic E-state index is 12.4. The average Bonchev–Trinajstić information content (AvgIpc) is 2.56. The van der Waals surface area contributed by atoms with Crippen molar-refractivity contribution in [2.75, 3.05) is 5.32 Å². The molecule has 2 aromatic carbocycles. The van der Waals surface area contributed by atoms with Crippen molar-refractivity contribution in [2.45, 2.75) is 18.2 Å². The van der Waals surface area contributed by atoms with Crippen molar-refractivity contribution in [1.29, 1.82) is 5.26 Å². The number of hydrogen-bond donors (Lipinski definition) is 1. The van der Waals surface area contributed by atoms with Gasteiger partial charge in [-0.1, -0.05) is 17.7 Å². The zero-order valence-corrected chi connectivity index (χ0v) is 14.2. The number of aryl methyl sites for hydroxylation is 1. The Kier molecular flexibility index (Phi) is 5.57. The van der Waals surface area contributed by atoms with Crippen molar-refractivity contribution in [2.24, 2.45) is 0 Å². The minimum Gasteiger partial charge on any atom is -0.406 e. The monoisotopic (exact) mass is 382 g/mol. The van der Waals surface area contributed by atoms with Crippen LogP contribution in [0.3, 0.4) is 0 Å². The molecule has 0 aliphatic carbocycles. The van der Waals surface area contributed by atoms with Gasteiger partial charge in [0.15, 0.2) is 4.91 Å². The Hall–Kier alpha value is -2.99. The molecule has 0 spiro atoms. The number of allylic oxidation sites excluding steroid dienone is 1. The molecule has 0 fully saturated rings. The molecule has 0 saturated heterocycles. The third-order valence-corrected chi connectivity index (χ3v) is 4.87. The first kappa shape index (κ1) is 19.3. The van der Waals surface area contributed by atoms with E-state index in [1.165, 1.54) is 24.3 Å². The lowest BCUT2D eigenvalue weighted by Gasteiger charge is -2.09. The number of alkyl halides is 3. The zero-order chi connectivity index (χ0) is 19.4. The van der Waals surface area contributed by atoms with Crippen molar-refractivity contribution in [3.05, 3.63) is 65.2 Å². The third-order valence-electron chi connectivity index (χ3n) is 3.19. The molecular formula is C17H13F3N2O3S. The van der Waals surface area contributed by atoms with Gasteiger partial charge in [0.25, 0.3) is 0 Å². The SMILES string of the molecule is Cc1ccc(S(=O)(=O)/C(C#N)=C\Nc2ccc(OC(F)(F)F)cc2)cc1. The predicted octanol–water partition coefficient (Wildman–Crippen LogP) is 4.14. The summed E-state index contributed by atoms with van der Waals surface area (Å²) in [6.07, 6.45) is -3.82. The number of nitriles is 1. The van der Waals surface area contributed by atoms with Crippen molar-refractivity contribution >= 4 is 15.5 Å². The summed E-state index contributed by atoms with van der Waals surface area (Å²) < 4.78 is 64.9. The van der Waals surface area contributed by atoms with E-state index < -0.39 is 26.9 Å². The number of anilines is 1. The second kappa shape index (κ2) is 7.49. The quantitative estimate of drug-likeness (QED) is 0.786. The standard InChI is InChI=1S/C17H13F3N2O3S/c1-12-2-8-15(9-3-12)26(23,24)16(10-21)11-22-13-4-6-14(7-5-13)25-17(18,19)20/h2-9,11,22H,1H3/b16-11-. The molecule has 0 atom stereocenters. The maximum absolute atomic E-state index is 12.4. The number of ether oxygens (including phenoxy) is 1. The molecule has 26 heavy (non-hydrogen) atoms. The van der Waals surface area contributed by atoms with E-state index in [0.717, 1.165) is 23.9 Å². The first-order chi connectivity index (χ1) is 12.1. The van der Waals surface area contributed by atoms with E-state index in [9.17, 15) is 21.6 Å². The van der Waals surface area contributed by atoms with Gasteiger partial charge < -0.3 is 10.1 Å². The van der Waals surface area contributed by atoms with E-state index in [4.69, 9.17) is 5.26 Å². The topological polar surface area (TPSA) is 79.2 Å². The molecule has 2 rings (SSSR count). The zero-order valence-electron chi connectivity index (χ0n) is 13.4. The molecule has 0 saturated carbocycles. The van der Waals surface area contributed by atoms with Gasteiger partial charge in [-0.15, -0.1) is 13.2 Å². The van der Waals surface area contributed by atoms with Crippen LogP contribution in [-0.2, 0) is 9.84 Å². The highest BCUT2D eigenvalue weighted by Crippen LogP contribution is 2.24. The van der Waals surface area contributed by atoms with Crippen molar-refractivity contribution < 1.29 is 26.3 Å². The van der Waals surface area contributed by atoms with Gasteiger partial charge in [-0.3, -0.25) is 0 Å². The summed E-state index contributed by atoms with van der Waals surface area (Å²) in [7, 11) is -4.01. The molecular weight excluding hydrogens is 369 g/mol. The summed E-state index contributed by atoms with van der Waals surface area (Å²) in [5.74, 6) is -0.417. The summed E-state index contributed by atoms with van der Waals surface area (Å²) in [6, 6.07) is 12.2. The van der Waals surface area contributed by atoms with Gasteiger partial charge in [-0.2, -0.15) is 5.26 Å². The molecule has 9 heteroatoms. The summed E-state index contributed by atoms with van der Waals surface area (Å²) in [6.45, 7) is 1.80. The van der Waals surface area contributed by atoms with Gasteiger partial charge in [0.2, 0.25) is 9.84 Å². The molecule has 5 nitrogen and oxygen atoms in total. The molecule has 0 aliphatic rings. The van der Waals surface area contributed by atoms with Crippen LogP contribution in [0.5, 0.6) is 5.75 Å². The van der Waals surface area contributed by atoms with Crippen molar-refractivity contribution in [1.82, 2.24) is 0 Å². The normalized spacial score (nSPS) is 12.3. The number of benzene rings is 2. The Balaban J connectivity index is 2.19. The molecule has 0 aromatic heterocycles. The Morgan fingerprint density at radius 2 is 1.69 bits per heavy atom. The molecule has 0 heterocycles. The Bertz CT molecular complexity index is 943. The molecule has 0 amide bonds. The van der Waals surface area contributed by atoms with Gasteiger partial charge in [0.05, 0.1) is 4.90 Å². The second-order valence-corrected chi connectivity index (χ2v) is 7.07. The molecule has 0 bridgehead atoms. The van der Waals surface area contributed by atoms with Crippen molar-refractivity contribution in [3.8, 4) is 11.8 Å². The van der Waals surface area contributed by atoms with Gasteiger partial charge in [0, 0.05) is 11.9 Å². The molecule has 2 aromatic rings. The van der Waals surface area contributed by atoms with Crippen LogP contribution >= 0.6 is 0 Å². The number of rotatable bonds is 5. The number of halogens is 3. The minimum atomic E-state index is -4.80. The van der Waals surface area contributed by atoms with E-state index in [1.54, 1.807) is 25.1 Å². The first-order valence-electron chi connectivity index (χ1n) is 7.16. The number of nitrogens with one attached hydrogen (secondary N) is 1. The predicted molar refractivity (Wildman–Crippen MR) is 88.8 cm³/mol. The molecule has 0 radical (unpaired) electrons. The lowest BCUT2D eigenvalue weighted by molar-refractivity contribution is -0.274. The largest absolute Gasteiger partial charge is 0.573 e. The summed E-state index contributed by atoms with van der Waals surface area (Å²) in [5, 5.41) is 11.7. The maximum Gasteiger partial charge on any atom is 0.573 e. The fraction of sp³-hybridized carbons (Fsp3) is 0.118. The molecule has 1 N–H and O–H groups in total. The van der Waals surface area contributed by atoms with E-state index in [-0.39, 0.29) is 10.6 Å². The van der Waals surface area contributed by atoms with Crippen LogP contribution in [0.15, 0.2) is 64.5 Å². The van der Waals surface area contributed by atoms with E-state index in [1.807, 2.05) is 0 Å². The smallest absolute Gasteiger partial charge is 0.406 e. The highest BCUT2D eigenvalue weighted by atomic mass is 32.2. The van der Waals surface area contributed by atoms with E-state index in [2.05, 4.69) is 10.1 Å². The minimum absolute atomic E-state index is 0.0355. The lowest BCUT2D eigenvalue weighted by atomic mass is 10.2. The fourth-order valence-electron chi connectivity index (χ4n) is 1.92. The van der Waals surface area contributed by atoms with Gasteiger partial charge in [0.1, 0.15) is 11.8 Å². The van der Waals surface area contributed by atoms with Gasteiger partial charge in [-0.25, -0.2) is 8.42 Å². The first-order valence-corrected chi connectivity index (χ1v) is 8.64. The molecule has 0 aliphatic heterocycles. The average molecular weight is 382 g/mol. The summed E-state index contributed by atoms with van der Waals surface area (Å²) in [5.41, 5.74) is 1.15. The Labute approximate surface area is 148 Å². The highest BCUT2D eigenvalue weighted by molar-refractivity contribution is 7.95. The van der Waals surface area contributed by atoms with Gasteiger partial charge >= 0.3 is 6.36 Å². The van der Waals surface area contributed by atoms with Crippen LogP contribution < -0.4 is 10.1 Å². The second-order valence-electron chi connectivity index (χ2n) is 5.15. The molecule has 0 unspecified atom stereocenters. The van der Waals surface area contributed by atoms with E-state index >= 15 is 0 Å². The number of nitrogens with zero attached hydrogens (tertiary/aromatic N) is 1. The van der Waals surface area contributed by atoms with Crippen molar-refractivity contribution in [3.63, 3.8) is 0 Å². The van der Waals surface area contributed by atoms with Crippen LogP contribution in [0, 0.1) is 18.3 Å². The lowest BCUT2D eigenvalue weighted by Crippen LogP contribution is -2.16. The highest BCUT2D eigenvalue weighted by Gasteiger charge is 2.30. The Morgan fingerprint density at radius 1 is 1.12 bits per heavy atom. The van der Waals surface area contributed by atoms with Crippen LogP contribution in [0.4, 0.5) is 18.9 Å². The third kappa shape index (κ3) is 5.00. The fourth-order valence-corrected chi connectivity index (χ4v) is 3.00. The summed E-state index contributed by atoms with van der Waals surface area (Å²) >= 11 is 0. The number of hydrogen-bond acceptors (Lipinski definition) is 5. The van der Waals surface area contributed by atoms with Crippen LogP contribution in [0.2, 0.25) is 0 Å². The Morgan fingerprint density at radius 3 is 2.19 bits per heavy atom. The van der Waals surface area contributed by atoms with E-state index in [0.29, 0.717) is 0 Å².